The van der Waals surface area contributed by atoms with Crippen LogP contribution >= 0.6 is 11.6 Å². The molecule has 0 aliphatic carbocycles. The smallest absolute Gasteiger partial charge is 0.264 e. The summed E-state index contributed by atoms with van der Waals surface area (Å²) in [7, 11) is 1.69. The first-order chi connectivity index (χ1) is 13.9. The Morgan fingerprint density at radius 2 is 1.97 bits per heavy atom. The summed E-state index contributed by atoms with van der Waals surface area (Å²) in [4.78, 5) is 42.9. The number of likely N-dealkylation sites (N-methyl/N-ethyl adjacent to an activating group) is 1. The molecule has 0 radical (unpaired) electrons. The summed E-state index contributed by atoms with van der Waals surface area (Å²) >= 11 is 5.84. The summed E-state index contributed by atoms with van der Waals surface area (Å²) in [6, 6.07) is 7.13. The maximum absolute atomic E-state index is 12.6. The molecule has 152 valence electrons. The van der Waals surface area contributed by atoms with Gasteiger partial charge in [0.25, 0.3) is 5.56 Å². The maximum atomic E-state index is 12.6. The van der Waals surface area contributed by atoms with Crippen LogP contribution in [0.2, 0.25) is 5.02 Å². The van der Waals surface area contributed by atoms with E-state index in [1.807, 2.05) is 12.1 Å². The van der Waals surface area contributed by atoms with E-state index < -0.39 is 0 Å². The van der Waals surface area contributed by atoms with Gasteiger partial charge in [-0.05, 0) is 24.6 Å². The molecule has 2 heterocycles. The lowest BCUT2D eigenvalue weighted by atomic mass is 10.2. The zero-order valence-corrected chi connectivity index (χ0v) is 16.9. The van der Waals surface area contributed by atoms with Crippen LogP contribution in [0.25, 0.3) is 11.0 Å². The Bertz CT molecular complexity index is 1090. The van der Waals surface area contributed by atoms with E-state index in [1.54, 1.807) is 26.1 Å². The predicted molar refractivity (Wildman–Crippen MR) is 108 cm³/mol. The monoisotopic (exact) mass is 416 g/mol. The number of amides is 2. The van der Waals surface area contributed by atoms with Gasteiger partial charge in [-0.3, -0.25) is 23.6 Å². The van der Waals surface area contributed by atoms with Gasteiger partial charge in [-0.1, -0.05) is 23.7 Å². The van der Waals surface area contributed by atoms with E-state index in [1.165, 1.54) is 26.7 Å². The Labute approximate surface area is 171 Å². The molecule has 3 rings (SSSR count). The molecular formula is C19H21ClN6O3. The minimum absolute atomic E-state index is 0.0970. The van der Waals surface area contributed by atoms with Gasteiger partial charge in [0.05, 0.1) is 12.7 Å². The van der Waals surface area contributed by atoms with Crippen molar-refractivity contribution in [3.63, 3.8) is 0 Å². The summed E-state index contributed by atoms with van der Waals surface area (Å²) in [5.41, 5.74) is 1.01. The van der Waals surface area contributed by atoms with Crippen molar-refractivity contribution in [1.29, 1.82) is 0 Å². The van der Waals surface area contributed by atoms with Crippen LogP contribution in [0.15, 0.2) is 41.6 Å². The summed E-state index contributed by atoms with van der Waals surface area (Å²) in [5, 5.41) is 7.74. The molecule has 0 unspecified atom stereocenters. The standard InChI is InChI=1S/C19H21ClN6O3/c1-3-25(10-16(27)21-8-13-4-6-14(20)7-5-13)17(28)11-26-12-22-18-15(19(26)29)9-23-24(18)2/h4-7,9,12H,3,8,10-11H2,1-2H3,(H,21,27). The molecule has 10 heteroatoms. The lowest BCUT2D eigenvalue weighted by Crippen LogP contribution is -2.42. The molecular weight excluding hydrogens is 396 g/mol. The molecule has 29 heavy (non-hydrogen) atoms. The minimum Gasteiger partial charge on any atom is -0.350 e. The quantitative estimate of drug-likeness (QED) is 0.617. The zero-order valence-electron chi connectivity index (χ0n) is 16.1. The van der Waals surface area contributed by atoms with Crippen LogP contribution in [-0.2, 0) is 29.7 Å². The molecule has 0 aliphatic rings. The summed E-state index contributed by atoms with van der Waals surface area (Å²) < 4.78 is 2.72. The van der Waals surface area contributed by atoms with Crippen molar-refractivity contribution >= 4 is 34.4 Å². The number of carbonyl (C=O) groups is 2. The van der Waals surface area contributed by atoms with Crippen LogP contribution in [0.1, 0.15) is 12.5 Å². The summed E-state index contributed by atoms with van der Waals surface area (Å²) in [6.07, 6.45) is 2.74. The highest BCUT2D eigenvalue weighted by molar-refractivity contribution is 6.30. The van der Waals surface area contributed by atoms with Crippen molar-refractivity contribution in [3.8, 4) is 0 Å². The van der Waals surface area contributed by atoms with Crippen LogP contribution < -0.4 is 10.9 Å². The lowest BCUT2D eigenvalue weighted by Gasteiger charge is -2.20. The number of nitrogens with zero attached hydrogens (tertiary/aromatic N) is 5. The van der Waals surface area contributed by atoms with E-state index in [-0.39, 0.29) is 30.5 Å². The third-order valence-corrected chi connectivity index (χ3v) is 4.75. The van der Waals surface area contributed by atoms with E-state index in [0.29, 0.717) is 29.1 Å². The van der Waals surface area contributed by atoms with Crippen LogP contribution in [0.5, 0.6) is 0 Å². The molecule has 2 aromatic heterocycles. The third-order valence-electron chi connectivity index (χ3n) is 4.50. The predicted octanol–water partition coefficient (Wildman–Crippen LogP) is 0.948. The number of halogens is 1. The maximum Gasteiger partial charge on any atom is 0.264 e. The van der Waals surface area contributed by atoms with E-state index in [2.05, 4.69) is 15.4 Å². The molecule has 1 N–H and O–H groups in total. The molecule has 0 saturated carbocycles. The van der Waals surface area contributed by atoms with E-state index in [0.717, 1.165) is 5.56 Å². The highest BCUT2D eigenvalue weighted by Gasteiger charge is 2.18. The third kappa shape index (κ3) is 4.80. The molecule has 9 nitrogen and oxygen atoms in total. The molecule has 0 fully saturated rings. The number of aryl methyl sites for hydroxylation is 1. The van der Waals surface area contributed by atoms with E-state index in [9.17, 15) is 14.4 Å². The molecule has 0 atom stereocenters. The number of hydrogen-bond acceptors (Lipinski definition) is 5. The average molecular weight is 417 g/mol. The van der Waals surface area contributed by atoms with Gasteiger partial charge >= 0.3 is 0 Å². The first kappa shape index (κ1) is 20.5. The first-order valence-electron chi connectivity index (χ1n) is 9.05. The number of carbonyl (C=O) groups excluding carboxylic acids is 2. The van der Waals surface area contributed by atoms with Gasteiger partial charge in [-0.15, -0.1) is 0 Å². The fourth-order valence-electron chi connectivity index (χ4n) is 2.83. The fraction of sp³-hybridized carbons (Fsp3) is 0.316. The average Bonchev–Trinajstić information content (AvgIpc) is 3.09. The van der Waals surface area contributed by atoms with Gasteiger partial charge in [-0.2, -0.15) is 5.10 Å². The lowest BCUT2D eigenvalue weighted by molar-refractivity contribution is -0.136. The molecule has 0 saturated heterocycles. The molecule has 3 aromatic rings. The van der Waals surface area contributed by atoms with Crippen molar-refractivity contribution in [1.82, 2.24) is 29.5 Å². The fourth-order valence-corrected chi connectivity index (χ4v) is 2.96. The van der Waals surface area contributed by atoms with Gasteiger partial charge in [0.15, 0.2) is 5.65 Å². The van der Waals surface area contributed by atoms with E-state index in [4.69, 9.17) is 11.6 Å². The van der Waals surface area contributed by atoms with Crippen molar-refractivity contribution in [2.75, 3.05) is 13.1 Å². The first-order valence-corrected chi connectivity index (χ1v) is 9.43. The Kier molecular flexibility index (Phi) is 6.28. The Morgan fingerprint density at radius 3 is 2.66 bits per heavy atom. The Balaban J connectivity index is 1.61. The number of rotatable bonds is 7. The Morgan fingerprint density at radius 1 is 1.24 bits per heavy atom. The number of benzene rings is 1. The highest BCUT2D eigenvalue weighted by Crippen LogP contribution is 2.09. The largest absolute Gasteiger partial charge is 0.350 e. The van der Waals surface area contributed by atoms with Gasteiger partial charge in [0, 0.05) is 25.2 Å². The second-order valence-corrected chi connectivity index (χ2v) is 6.93. The molecule has 0 spiro atoms. The zero-order chi connectivity index (χ0) is 21.0. The SMILES string of the molecule is CCN(CC(=O)NCc1ccc(Cl)cc1)C(=O)Cn1cnc2c(cnn2C)c1=O. The Hall–Kier alpha value is -3.20. The highest BCUT2D eigenvalue weighted by atomic mass is 35.5. The summed E-state index contributed by atoms with van der Waals surface area (Å²) in [5.74, 6) is -0.635. The number of fused-ring (bicyclic) bond motifs is 1. The van der Waals surface area contributed by atoms with Crippen molar-refractivity contribution in [3.05, 3.63) is 57.7 Å². The molecule has 2 amide bonds. The molecule has 0 bridgehead atoms. The van der Waals surface area contributed by atoms with Crippen LogP contribution in [0, 0.1) is 0 Å². The molecule has 0 aliphatic heterocycles. The number of nitrogens with one attached hydrogen (secondary N) is 1. The number of aromatic nitrogens is 4. The van der Waals surface area contributed by atoms with Gasteiger partial charge in [0.2, 0.25) is 11.8 Å². The minimum atomic E-state index is -0.348. The topological polar surface area (TPSA) is 102 Å². The number of hydrogen-bond donors (Lipinski definition) is 1. The van der Waals surface area contributed by atoms with Gasteiger partial charge < -0.3 is 10.2 Å². The van der Waals surface area contributed by atoms with E-state index >= 15 is 0 Å². The van der Waals surface area contributed by atoms with Gasteiger partial charge in [0.1, 0.15) is 18.3 Å². The normalized spacial score (nSPS) is 10.9. The van der Waals surface area contributed by atoms with Crippen LogP contribution in [0.3, 0.4) is 0 Å². The molecule has 1 aromatic carbocycles. The second-order valence-electron chi connectivity index (χ2n) is 6.49. The second kappa shape index (κ2) is 8.87. The summed E-state index contributed by atoms with van der Waals surface area (Å²) in [6.45, 7) is 2.15. The van der Waals surface area contributed by atoms with Gasteiger partial charge in [-0.25, -0.2) is 4.98 Å². The van der Waals surface area contributed by atoms with Crippen LogP contribution in [0.4, 0.5) is 0 Å². The van der Waals surface area contributed by atoms with Crippen molar-refractivity contribution in [2.24, 2.45) is 7.05 Å². The van der Waals surface area contributed by atoms with Crippen molar-refractivity contribution < 1.29 is 9.59 Å². The van der Waals surface area contributed by atoms with Crippen LogP contribution in [-0.4, -0.2) is 49.1 Å². The van der Waals surface area contributed by atoms with Crippen molar-refractivity contribution in [2.45, 2.75) is 20.0 Å².